The van der Waals surface area contributed by atoms with Crippen LogP contribution in [0.3, 0.4) is 0 Å². The van der Waals surface area contributed by atoms with Crippen molar-refractivity contribution in [2.45, 2.75) is 30.6 Å². The van der Waals surface area contributed by atoms with E-state index in [9.17, 15) is 13.2 Å². The summed E-state index contributed by atoms with van der Waals surface area (Å²) in [5, 5.41) is 0. The number of halogens is 2. The number of rotatable bonds is 2. The maximum absolute atomic E-state index is 12.5. The standard InChI is InChI=1S/C13H15BrClNO3S/c14-11-7-10(8-12(9-11)20(15,18)19)13(17)16-5-3-1-2-4-6-16/h7-9H,1-6H2. The Balaban J connectivity index is 2.32. The average molecular weight is 381 g/mol. The van der Waals surface area contributed by atoms with E-state index in [1.807, 2.05) is 0 Å². The molecule has 1 aromatic rings. The summed E-state index contributed by atoms with van der Waals surface area (Å²) in [7, 11) is 1.50. The van der Waals surface area contributed by atoms with E-state index >= 15 is 0 Å². The van der Waals surface area contributed by atoms with Crippen molar-refractivity contribution in [2.24, 2.45) is 0 Å². The van der Waals surface area contributed by atoms with Crippen molar-refractivity contribution in [3.8, 4) is 0 Å². The molecule has 0 unspecified atom stereocenters. The normalized spacial score (nSPS) is 16.8. The van der Waals surface area contributed by atoms with Crippen LogP contribution in [0.15, 0.2) is 27.6 Å². The van der Waals surface area contributed by atoms with Gasteiger partial charge in [-0.1, -0.05) is 28.8 Å². The van der Waals surface area contributed by atoms with Gasteiger partial charge in [0.25, 0.3) is 15.0 Å². The molecule has 1 amide bonds. The third-order valence-electron chi connectivity index (χ3n) is 3.29. The van der Waals surface area contributed by atoms with Gasteiger partial charge in [-0.2, -0.15) is 0 Å². The topological polar surface area (TPSA) is 54.5 Å². The molecule has 110 valence electrons. The summed E-state index contributed by atoms with van der Waals surface area (Å²) in [6.45, 7) is 1.43. The first-order valence-corrected chi connectivity index (χ1v) is 9.53. The van der Waals surface area contributed by atoms with Gasteiger partial charge in [-0.15, -0.1) is 0 Å². The van der Waals surface area contributed by atoms with Crippen LogP contribution >= 0.6 is 26.6 Å². The van der Waals surface area contributed by atoms with E-state index in [0.717, 1.165) is 25.7 Å². The number of nitrogens with zero attached hydrogens (tertiary/aromatic N) is 1. The molecule has 20 heavy (non-hydrogen) atoms. The minimum Gasteiger partial charge on any atom is -0.339 e. The Hall–Kier alpha value is -0.590. The monoisotopic (exact) mass is 379 g/mol. The number of amides is 1. The van der Waals surface area contributed by atoms with Crippen molar-refractivity contribution in [2.75, 3.05) is 13.1 Å². The Labute approximate surface area is 131 Å². The summed E-state index contributed by atoms with van der Waals surface area (Å²) >= 11 is 3.22. The molecule has 1 fully saturated rings. The highest BCUT2D eigenvalue weighted by atomic mass is 79.9. The van der Waals surface area contributed by atoms with E-state index in [1.165, 1.54) is 12.1 Å². The minimum atomic E-state index is -3.85. The lowest BCUT2D eigenvalue weighted by Gasteiger charge is -2.20. The van der Waals surface area contributed by atoms with E-state index in [2.05, 4.69) is 15.9 Å². The van der Waals surface area contributed by atoms with Crippen LogP contribution in [-0.4, -0.2) is 32.3 Å². The Bertz CT molecular complexity index is 610. The summed E-state index contributed by atoms with van der Waals surface area (Å²) in [5.41, 5.74) is 0.348. The molecular weight excluding hydrogens is 366 g/mol. The van der Waals surface area contributed by atoms with Crippen molar-refractivity contribution in [1.29, 1.82) is 0 Å². The second kappa shape index (κ2) is 6.45. The molecule has 2 rings (SSSR count). The molecule has 0 atom stereocenters. The van der Waals surface area contributed by atoms with E-state index in [4.69, 9.17) is 10.7 Å². The van der Waals surface area contributed by atoms with Gasteiger partial charge < -0.3 is 4.90 Å². The number of carbonyl (C=O) groups excluding carboxylic acids is 1. The molecule has 1 saturated heterocycles. The molecule has 1 aliphatic heterocycles. The summed E-state index contributed by atoms with van der Waals surface area (Å²) in [6.07, 6.45) is 4.23. The van der Waals surface area contributed by atoms with Crippen LogP contribution in [0.25, 0.3) is 0 Å². The largest absolute Gasteiger partial charge is 0.339 e. The second-order valence-electron chi connectivity index (χ2n) is 4.82. The van der Waals surface area contributed by atoms with Crippen molar-refractivity contribution in [3.05, 3.63) is 28.2 Å². The fourth-order valence-corrected chi connectivity index (χ4v) is 3.73. The molecule has 0 bridgehead atoms. The van der Waals surface area contributed by atoms with Crippen molar-refractivity contribution < 1.29 is 13.2 Å². The zero-order chi connectivity index (χ0) is 14.8. The first kappa shape index (κ1) is 15.8. The van der Waals surface area contributed by atoms with Crippen LogP contribution in [-0.2, 0) is 9.05 Å². The maximum Gasteiger partial charge on any atom is 0.261 e. The zero-order valence-corrected chi connectivity index (χ0v) is 14.0. The SMILES string of the molecule is O=C(c1cc(Br)cc(S(=O)(=O)Cl)c1)N1CCCCCC1. The highest BCUT2D eigenvalue weighted by Gasteiger charge is 2.20. The van der Waals surface area contributed by atoms with Crippen LogP contribution in [0, 0.1) is 0 Å². The number of likely N-dealkylation sites (tertiary alicyclic amines) is 1. The van der Waals surface area contributed by atoms with Crippen LogP contribution in [0.1, 0.15) is 36.0 Å². The number of hydrogen-bond acceptors (Lipinski definition) is 3. The number of benzene rings is 1. The fourth-order valence-electron chi connectivity index (χ4n) is 2.28. The molecule has 0 aromatic heterocycles. The number of carbonyl (C=O) groups is 1. The molecule has 1 aromatic carbocycles. The van der Waals surface area contributed by atoms with Crippen LogP contribution in [0.4, 0.5) is 0 Å². The van der Waals surface area contributed by atoms with Gasteiger partial charge in [-0.25, -0.2) is 8.42 Å². The van der Waals surface area contributed by atoms with Crippen molar-refractivity contribution in [1.82, 2.24) is 4.90 Å². The molecule has 0 aliphatic carbocycles. The van der Waals surface area contributed by atoms with Crippen molar-refractivity contribution >= 4 is 41.6 Å². The lowest BCUT2D eigenvalue weighted by molar-refractivity contribution is 0.0761. The second-order valence-corrected chi connectivity index (χ2v) is 8.30. The zero-order valence-electron chi connectivity index (χ0n) is 10.8. The Morgan fingerprint density at radius 3 is 2.25 bits per heavy atom. The van der Waals surface area contributed by atoms with E-state index in [1.54, 1.807) is 11.0 Å². The third kappa shape index (κ3) is 3.96. The van der Waals surface area contributed by atoms with Crippen LogP contribution in [0.5, 0.6) is 0 Å². The molecule has 0 radical (unpaired) electrons. The predicted molar refractivity (Wildman–Crippen MR) is 81.6 cm³/mol. The lowest BCUT2D eigenvalue weighted by Crippen LogP contribution is -2.31. The van der Waals surface area contributed by atoms with Gasteiger partial charge in [0.15, 0.2) is 0 Å². The summed E-state index contributed by atoms with van der Waals surface area (Å²) < 4.78 is 23.3. The Morgan fingerprint density at radius 2 is 1.70 bits per heavy atom. The summed E-state index contributed by atoms with van der Waals surface area (Å²) in [4.78, 5) is 14.2. The van der Waals surface area contributed by atoms with Gasteiger partial charge >= 0.3 is 0 Å². The smallest absolute Gasteiger partial charge is 0.261 e. The van der Waals surface area contributed by atoms with Gasteiger partial charge in [0.1, 0.15) is 0 Å². The molecular formula is C13H15BrClNO3S. The van der Waals surface area contributed by atoms with E-state index < -0.39 is 9.05 Å². The fraction of sp³-hybridized carbons (Fsp3) is 0.462. The third-order valence-corrected chi connectivity index (χ3v) is 5.08. The van der Waals surface area contributed by atoms with Gasteiger partial charge in [-0.3, -0.25) is 4.79 Å². The Kier molecular flexibility index (Phi) is 5.09. The van der Waals surface area contributed by atoms with E-state index in [0.29, 0.717) is 23.1 Å². The quantitative estimate of drug-likeness (QED) is 0.739. The maximum atomic E-state index is 12.5. The molecule has 1 aliphatic rings. The van der Waals surface area contributed by atoms with Gasteiger partial charge in [0, 0.05) is 33.8 Å². The summed E-state index contributed by atoms with van der Waals surface area (Å²) in [5.74, 6) is -0.144. The lowest BCUT2D eigenvalue weighted by atomic mass is 10.2. The molecule has 0 saturated carbocycles. The highest BCUT2D eigenvalue weighted by molar-refractivity contribution is 9.10. The summed E-state index contributed by atoms with van der Waals surface area (Å²) in [6, 6.07) is 4.35. The molecule has 4 nitrogen and oxygen atoms in total. The molecule has 0 spiro atoms. The van der Waals surface area contributed by atoms with Crippen LogP contribution in [0.2, 0.25) is 0 Å². The molecule has 0 N–H and O–H groups in total. The Morgan fingerprint density at radius 1 is 1.10 bits per heavy atom. The number of hydrogen-bond donors (Lipinski definition) is 0. The predicted octanol–water partition coefficient (Wildman–Crippen LogP) is 3.39. The first-order chi connectivity index (χ1) is 9.38. The van der Waals surface area contributed by atoms with Crippen molar-refractivity contribution in [3.63, 3.8) is 0 Å². The van der Waals surface area contributed by atoms with Gasteiger partial charge in [0.2, 0.25) is 0 Å². The van der Waals surface area contributed by atoms with E-state index in [-0.39, 0.29) is 10.8 Å². The highest BCUT2D eigenvalue weighted by Crippen LogP contribution is 2.24. The molecule has 7 heteroatoms. The average Bonchev–Trinajstić information content (AvgIpc) is 2.65. The molecule has 1 heterocycles. The van der Waals surface area contributed by atoms with Gasteiger partial charge in [0.05, 0.1) is 4.90 Å². The minimum absolute atomic E-state index is 0.0632. The van der Waals surface area contributed by atoms with Crippen LogP contribution < -0.4 is 0 Å². The first-order valence-electron chi connectivity index (χ1n) is 6.42. The van der Waals surface area contributed by atoms with Gasteiger partial charge in [-0.05, 0) is 31.0 Å².